The molecule has 2 aromatic heterocycles. The van der Waals surface area contributed by atoms with Crippen molar-refractivity contribution in [3.63, 3.8) is 0 Å². The first kappa shape index (κ1) is 13.3. The van der Waals surface area contributed by atoms with Crippen molar-refractivity contribution in [2.45, 2.75) is 0 Å². The van der Waals surface area contributed by atoms with Crippen molar-refractivity contribution in [3.8, 4) is 0 Å². The quantitative estimate of drug-likeness (QED) is 0.848. The molecule has 0 bridgehead atoms. The summed E-state index contributed by atoms with van der Waals surface area (Å²) in [5.74, 6) is 0.565. The molecule has 1 N–H and O–H groups in total. The van der Waals surface area contributed by atoms with Gasteiger partial charge in [0.1, 0.15) is 0 Å². The minimum absolute atomic E-state index is 0.116. The number of carbonyl (C=O) groups is 1. The van der Waals surface area contributed by atoms with Crippen LogP contribution in [0, 0.1) is 0 Å². The highest BCUT2D eigenvalue weighted by atomic mass is 16.2. The molecule has 0 aliphatic carbocycles. The van der Waals surface area contributed by atoms with Gasteiger partial charge in [0.05, 0.1) is 0 Å². The molecule has 1 fully saturated rings. The van der Waals surface area contributed by atoms with E-state index in [-0.39, 0.29) is 11.5 Å². The van der Waals surface area contributed by atoms with E-state index in [4.69, 9.17) is 0 Å². The van der Waals surface area contributed by atoms with Crippen LogP contribution >= 0.6 is 0 Å². The summed E-state index contributed by atoms with van der Waals surface area (Å²) >= 11 is 0. The van der Waals surface area contributed by atoms with E-state index in [0.29, 0.717) is 37.7 Å². The first-order valence-corrected chi connectivity index (χ1v) is 6.74. The van der Waals surface area contributed by atoms with Crippen molar-refractivity contribution in [1.82, 2.24) is 19.9 Å². The Morgan fingerprint density at radius 1 is 1.14 bits per heavy atom. The maximum atomic E-state index is 12.3. The molecular formula is C14H15N5O2. The van der Waals surface area contributed by atoms with Crippen molar-refractivity contribution in [2.24, 2.45) is 0 Å². The third-order valence-electron chi connectivity index (χ3n) is 3.42. The number of piperazine rings is 1. The van der Waals surface area contributed by atoms with E-state index in [1.807, 2.05) is 4.90 Å². The molecule has 7 heteroatoms. The van der Waals surface area contributed by atoms with E-state index in [0.717, 1.165) is 0 Å². The fraction of sp³-hybridized carbons (Fsp3) is 0.286. The highest BCUT2D eigenvalue weighted by Crippen LogP contribution is 2.11. The summed E-state index contributed by atoms with van der Waals surface area (Å²) in [5.41, 5.74) is 0.153. The number of nitrogens with zero attached hydrogens (tertiary/aromatic N) is 4. The number of hydrogen-bond acceptors (Lipinski definition) is 5. The molecule has 108 valence electrons. The minimum Gasteiger partial charge on any atom is -0.337 e. The Morgan fingerprint density at radius 3 is 2.52 bits per heavy atom. The third kappa shape index (κ3) is 2.91. The van der Waals surface area contributed by atoms with E-state index in [1.165, 1.54) is 12.3 Å². The summed E-state index contributed by atoms with van der Waals surface area (Å²) in [6.07, 6.45) is 4.90. The Hall–Kier alpha value is -2.70. The standard InChI is InChI=1S/C14H15N5O2/c20-12-10-11(2-5-15-12)13(21)18-6-8-19(9-7-18)14-16-3-1-4-17-14/h1-5,10H,6-9H2,(H,15,20). The molecule has 0 spiro atoms. The van der Waals surface area contributed by atoms with Crippen LogP contribution in [0.3, 0.4) is 0 Å². The molecule has 1 aliphatic heterocycles. The average Bonchev–Trinajstić information content (AvgIpc) is 2.55. The van der Waals surface area contributed by atoms with Gasteiger partial charge in [-0.3, -0.25) is 9.59 Å². The van der Waals surface area contributed by atoms with Crippen molar-refractivity contribution < 1.29 is 4.79 Å². The van der Waals surface area contributed by atoms with E-state index < -0.39 is 0 Å². The van der Waals surface area contributed by atoms with Crippen LogP contribution in [-0.2, 0) is 0 Å². The predicted molar refractivity (Wildman–Crippen MR) is 77.2 cm³/mol. The second-order valence-corrected chi connectivity index (χ2v) is 4.77. The van der Waals surface area contributed by atoms with Gasteiger partial charge in [0, 0.05) is 56.4 Å². The van der Waals surface area contributed by atoms with E-state index in [2.05, 4.69) is 15.0 Å². The summed E-state index contributed by atoms with van der Waals surface area (Å²) < 4.78 is 0. The van der Waals surface area contributed by atoms with E-state index in [1.54, 1.807) is 29.4 Å². The first-order valence-electron chi connectivity index (χ1n) is 6.74. The van der Waals surface area contributed by atoms with Crippen molar-refractivity contribution in [2.75, 3.05) is 31.1 Å². The molecule has 21 heavy (non-hydrogen) atoms. The number of pyridine rings is 1. The molecule has 0 radical (unpaired) electrons. The molecule has 3 rings (SSSR count). The molecule has 2 aromatic rings. The molecule has 1 saturated heterocycles. The largest absolute Gasteiger partial charge is 0.337 e. The van der Waals surface area contributed by atoms with Crippen LogP contribution in [0.2, 0.25) is 0 Å². The lowest BCUT2D eigenvalue weighted by molar-refractivity contribution is 0.0746. The van der Waals surface area contributed by atoms with Gasteiger partial charge in [0.2, 0.25) is 11.5 Å². The fourth-order valence-electron chi connectivity index (χ4n) is 2.32. The van der Waals surface area contributed by atoms with Crippen LogP contribution in [0.15, 0.2) is 41.6 Å². The Kier molecular flexibility index (Phi) is 3.63. The lowest BCUT2D eigenvalue weighted by atomic mass is 10.2. The van der Waals surface area contributed by atoms with Gasteiger partial charge in [-0.15, -0.1) is 0 Å². The number of nitrogens with one attached hydrogen (secondary N) is 1. The predicted octanol–water partition coefficient (Wildman–Crippen LogP) is 0.127. The summed E-state index contributed by atoms with van der Waals surface area (Å²) in [4.78, 5) is 38.3. The summed E-state index contributed by atoms with van der Waals surface area (Å²) in [5, 5.41) is 0. The van der Waals surface area contributed by atoms with E-state index >= 15 is 0 Å². The van der Waals surface area contributed by atoms with Crippen molar-refractivity contribution >= 4 is 11.9 Å². The number of hydrogen-bond donors (Lipinski definition) is 1. The molecule has 0 atom stereocenters. The van der Waals surface area contributed by atoms with Crippen LogP contribution in [-0.4, -0.2) is 51.9 Å². The number of aromatic nitrogens is 3. The van der Waals surface area contributed by atoms with Gasteiger partial charge in [-0.05, 0) is 12.1 Å². The van der Waals surface area contributed by atoms with Gasteiger partial charge in [-0.2, -0.15) is 0 Å². The maximum absolute atomic E-state index is 12.3. The van der Waals surface area contributed by atoms with Gasteiger partial charge in [-0.1, -0.05) is 0 Å². The number of rotatable bonds is 2. The normalized spacial score (nSPS) is 15.0. The molecule has 0 saturated carbocycles. The molecule has 0 aromatic carbocycles. The Balaban J connectivity index is 1.66. The van der Waals surface area contributed by atoms with Crippen LogP contribution in [0.1, 0.15) is 10.4 Å². The van der Waals surface area contributed by atoms with E-state index in [9.17, 15) is 9.59 Å². The van der Waals surface area contributed by atoms with Gasteiger partial charge in [-0.25, -0.2) is 9.97 Å². The van der Waals surface area contributed by atoms with Crippen molar-refractivity contribution in [3.05, 3.63) is 52.7 Å². The Labute approximate surface area is 121 Å². The molecule has 7 nitrogen and oxygen atoms in total. The summed E-state index contributed by atoms with van der Waals surface area (Å²) in [6.45, 7) is 2.53. The second-order valence-electron chi connectivity index (χ2n) is 4.77. The monoisotopic (exact) mass is 285 g/mol. The van der Waals surface area contributed by atoms with Gasteiger partial charge >= 0.3 is 0 Å². The Bertz CT molecular complexity index is 677. The lowest BCUT2D eigenvalue weighted by Crippen LogP contribution is -2.49. The highest BCUT2D eigenvalue weighted by Gasteiger charge is 2.23. The third-order valence-corrected chi connectivity index (χ3v) is 3.42. The smallest absolute Gasteiger partial charge is 0.254 e. The zero-order valence-electron chi connectivity index (χ0n) is 11.4. The van der Waals surface area contributed by atoms with Gasteiger partial charge < -0.3 is 14.8 Å². The van der Waals surface area contributed by atoms with Crippen LogP contribution in [0.25, 0.3) is 0 Å². The van der Waals surface area contributed by atoms with Crippen LogP contribution < -0.4 is 10.5 Å². The first-order chi connectivity index (χ1) is 10.2. The fourth-order valence-corrected chi connectivity index (χ4v) is 2.32. The topological polar surface area (TPSA) is 82.2 Å². The SMILES string of the molecule is O=C(c1cc[nH]c(=O)c1)N1CCN(c2ncccn2)CC1. The molecule has 0 unspecified atom stereocenters. The molecule has 1 amide bonds. The highest BCUT2D eigenvalue weighted by molar-refractivity contribution is 5.94. The van der Waals surface area contributed by atoms with Crippen LogP contribution in [0.4, 0.5) is 5.95 Å². The van der Waals surface area contributed by atoms with Crippen LogP contribution in [0.5, 0.6) is 0 Å². The molecule has 1 aliphatic rings. The Morgan fingerprint density at radius 2 is 1.86 bits per heavy atom. The second kappa shape index (κ2) is 5.74. The number of anilines is 1. The summed E-state index contributed by atoms with van der Waals surface area (Å²) in [7, 11) is 0. The minimum atomic E-state index is -0.267. The van der Waals surface area contributed by atoms with Crippen molar-refractivity contribution in [1.29, 1.82) is 0 Å². The molecule has 3 heterocycles. The molecular weight excluding hydrogens is 270 g/mol. The zero-order chi connectivity index (χ0) is 14.7. The number of amides is 1. The zero-order valence-corrected chi connectivity index (χ0v) is 11.4. The number of H-pyrrole nitrogens is 1. The maximum Gasteiger partial charge on any atom is 0.254 e. The number of carbonyl (C=O) groups excluding carboxylic acids is 1. The average molecular weight is 285 g/mol. The summed E-state index contributed by atoms with van der Waals surface area (Å²) in [6, 6.07) is 4.72. The lowest BCUT2D eigenvalue weighted by Gasteiger charge is -2.34. The number of aromatic amines is 1. The van der Waals surface area contributed by atoms with Gasteiger partial charge in [0.25, 0.3) is 5.91 Å². The van der Waals surface area contributed by atoms with Gasteiger partial charge in [0.15, 0.2) is 0 Å².